The number of anilines is 1. The number of nitro groups is 1. The van der Waals surface area contributed by atoms with E-state index in [0.717, 1.165) is 32.0 Å². The average molecular weight is 283 g/mol. The van der Waals surface area contributed by atoms with Crippen LogP contribution in [0.2, 0.25) is 0 Å². The lowest BCUT2D eigenvalue weighted by Crippen LogP contribution is -2.13. The molecular formula is C13H18FN3O3. The lowest BCUT2D eigenvalue weighted by Gasteiger charge is -2.12. The lowest BCUT2D eigenvalue weighted by atomic mass is 10.1. The molecule has 1 unspecified atom stereocenters. The van der Waals surface area contributed by atoms with Gasteiger partial charge in [-0.2, -0.15) is 0 Å². The van der Waals surface area contributed by atoms with Crippen molar-refractivity contribution in [3.63, 3.8) is 0 Å². The number of nitro benzene ring substituents is 1. The monoisotopic (exact) mass is 283 g/mol. The van der Waals surface area contributed by atoms with Gasteiger partial charge < -0.3 is 15.4 Å². The molecule has 20 heavy (non-hydrogen) atoms. The Hall–Kier alpha value is -1.89. The van der Waals surface area contributed by atoms with E-state index >= 15 is 0 Å². The van der Waals surface area contributed by atoms with Crippen molar-refractivity contribution >= 4 is 11.4 Å². The summed E-state index contributed by atoms with van der Waals surface area (Å²) in [5.41, 5.74) is -0.131. The molecule has 0 amide bonds. The van der Waals surface area contributed by atoms with E-state index in [2.05, 4.69) is 10.6 Å². The number of hydrogen-bond donors (Lipinski definition) is 2. The van der Waals surface area contributed by atoms with E-state index < -0.39 is 10.7 Å². The van der Waals surface area contributed by atoms with Gasteiger partial charge in [0.2, 0.25) is 0 Å². The fourth-order valence-corrected chi connectivity index (χ4v) is 2.36. The molecule has 0 radical (unpaired) electrons. The van der Waals surface area contributed by atoms with Gasteiger partial charge in [0.15, 0.2) is 11.6 Å². The first-order valence-electron chi connectivity index (χ1n) is 6.58. The van der Waals surface area contributed by atoms with Crippen LogP contribution in [-0.4, -0.2) is 31.7 Å². The standard InChI is InChI=1S/C13H18FN3O3/c1-20-13-7-11(10(14)6-12(13)17(18)19)16-5-3-9-2-4-15-8-9/h6-7,9,15-16H,2-5,8H2,1H3. The minimum Gasteiger partial charge on any atom is -0.490 e. The molecule has 0 aromatic heterocycles. The minimum atomic E-state index is -0.657. The Labute approximate surface area is 116 Å². The minimum absolute atomic E-state index is 0.0569. The second kappa shape index (κ2) is 6.51. The van der Waals surface area contributed by atoms with Crippen LogP contribution in [-0.2, 0) is 0 Å². The Balaban J connectivity index is 2.01. The molecule has 1 aromatic carbocycles. The van der Waals surface area contributed by atoms with Gasteiger partial charge >= 0.3 is 5.69 Å². The van der Waals surface area contributed by atoms with E-state index in [-0.39, 0.29) is 17.1 Å². The lowest BCUT2D eigenvalue weighted by molar-refractivity contribution is -0.385. The van der Waals surface area contributed by atoms with Crippen LogP contribution in [0.3, 0.4) is 0 Å². The van der Waals surface area contributed by atoms with Crippen LogP contribution in [0.4, 0.5) is 15.8 Å². The van der Waals surface area contributed by atoms with Crippen LogP contribution in [0.25, 0.3) is 0 Å². The Morgan fingerprint density at radius 1 is 1.60 bits per heavy atom. The van der Waals surface area contributed by atoms with Crippen LogP contribution < -0.4 is 15.4 Å². The summed E-state index contributed by atoms with van der Waals surface area (Å²) in [7, 11) is 1.33. The summed E-state index contributed by atoms with van der Waals surface area (Å²) in [4.78, 5) is 10.1. The Morgan fingerprint density at radius 3 is 3.00 bits per heavy atom. The number of benzene rings is 1. The normalized spacial score (nSPS) is 18.0. The zero-order valence-corrected chi connectivity index (χ0v) is 11.3. The molecule has 6 nitrogen and oxygen atoms in total. The first kappa shape index (κ1) is 14.5. The molecule has 1 aliphatic heterocycles. The maximum Gasteiger partial charge on any atom is 0.313 e. The summed E-state index contributed by atoms with van der Waals surface area (Å²) in [6.07, 6.45) is 2.07. The third kappa shape index (κ3) is 3.36. The zero-order chi connectivity index (χ0) is 14.5. The highest BCUT2D eigenvalue weighted by atomic mass is 19.1. The highest BCUT2D eigenvalue weighted by Crippen LogP contribution is 2.32. The van der Waals surface area contributed by atoms with Gasteiger partial charge in [0, 0.05) is 12.6 Å². The molecule has 1 heterocycles. The average Bonchev–Trinajstić information content (AvgIpc) is 2.93. The molecule has 1 aromatic rings. The van der Waals surface area contributed by atoms with Gasteiger partial charge in [-0.05, 0) is 31.8 Å². The number of nitrogens with one attached hydrogen (secondary N) is 2. The van der Waals surface area contributed by atoms with Gasteiger partial charge in [0.1, 0.15) is 0 Å². The van der Waals surface area contributed by atoms with Crippen molar-refractivity contribution in [2.24, 2.45) is 5.92 Å². The number of halogens is 1. The SMILES string of the molecule is COc1cc(NCCC2CCNC2)c(F)cc1[N+](=O)[O-]. The summed E-state index contributed by atoms with van der Waals surface area (Å²) in [6.45, 7) is 2.66. The fraction of sp³-hybridized carbons (Fsp3) is 0.538. The van der Waals surface area contributed by atoms with Gasteiger partial charge in [0.25, 0.3) is 0 Å². The van der Waals surface area contributed by atoms with Crippen LogP contribution in [0.15, 0.2) is 12.1 Å². The number of rotatable bonds is 6. The van der Waals surface area contributed by atoms with Crippen molar-refractivity contribution in [3.8, 4) is 5.75 Å². The number of methoxy groups -OCH3 is 1. The zero-order valence-electron chi connectivity index (χ0n) is 11.3. The maximum absolute atomic E-state index is 13.8. The largest absolute Gasteiger partial charge is 0.490 e. The molecule has 0 spiro atoms. The van der Waals surface area contributed by atoms with E-state index in [9.17, 15) is 14.5 Å². The third-order valence-corrected chi connectivity index (χ3v) is 3.50. The summed E-state index contributed by atoms with van der Waals surface area (Å²) in [5.74, 6) is 0.0222. The van der Waals surface area contributed by atoms with E-state index in [0.29, 0.717) is 12.5 Å². The van der Waals surface area contributed by atoms with Crippen molar-refractivity contribution in [2.45, 2.75) is 12.8 Å². The van der Waals surface area contributed by atoms with E-state index in [4.69, 9.17) is 4.74 Å². The highest BCUT2D eigenvalue weighted by Gasteiger charge is 2.19. The van der Waals surface area contributed by atoms with Crippen molar-refractivity contribution in [3.05, 3.63) is 28.1 Å². The van der Waals surface area contributed by atoms with Gasteiger partial charge in [-0.1, -0.05) is 0 Å². The summed E-state index contributed by atoms with van der Waals surface area (Å²) in [6, 6.07) is 2.22. The van der Waals surface area contributed by atoms with Crippen LogP contribution >= 0.6 is 0 Å². The van der Waals surface area contributed by atoms with Crippen LogP contribution in [0.5, 0.6) is 5.75 Å². The van der Waals surface area contributed by atoms with E-state index in [1.807, 2.05) is 0 Å². The van der Waals surface area contributed by atoms with E-state index in [1.54, 1.807) is 0 Å². The molecule has 0 saturated carbocycles. The van der Waals surface area contributed by atoms with Crippen LogP contribution in [0, 0.1) is 21.8 Å². The Morgan fingerprint density at radius 2 is 2.40 bits per heavy atom. The summed E-state index contributed by atoms with van der Waals surface area (Å²) < 4.78 is 18.7. The topological polar surface area (TPSA) is 76.4 Å². The number of ether oxygens (including phenoxy) is 1. The molecule has 1 atom stereocenters. The Bertz CT molecular complexity index is 490. The highest BCUT2D eigenvalue weighted by molar-refractivity contribution is 5.59. The summed E-state index contributed by atoms with van der Waals surface area (Å²) >= 11 is 0. The Kier molecular flexibility index (Phi) is 4.73. The van der Waals surface area contributed by atoms with E-state index in [1.165, 1.54) is 13.2 Å². The molecule has 2 N–H and O–H groups in total. The maximum atomic E-state index is 13.8. The van der Waals surface area contributed by atoms with Gasteiger partial charge in [-0.25, -0.2) is 4.39 Å². The third-order valence-electron chi connectivity index (χ3n) is 3.50. The molecule has 7 heteroatoms. The molecule has 2 rings (SSSR count). The molecule has 110 valence electrons. The van der Waals surface area contributed by atoms with Crippen molar-refractivity contribution < 1.29 is 14.1 Å². The fourth-order valence-electron chi connectivity index (χ4n) is 2.36. The molecule has 0 aliphatic carbocycles. The molecule has 0 bridgehead atoms. The van der Waals surface area contributed by atoms with Gasteiger partial charge in [-0.3, -0.25) is 10.1 Å². The molecule has 1 aliphatic rings. The molecule has 1 fully saturated rings. The predicted octanol–water partition coefficient (Wildman–Crippen LogP) is 2.15. The molecular weight excluding hydrogens is 265 g/mol. The second-order valence-electron chi connectivity index (χ2n) is 4.84. The molecule has 1 saturated heterocycles. The van der Waals surface area contributed by atoms with Crippen molar-refractivity contribution in [1.82, 2.24) is 5.32 Å². The summed E-state index contributed by atoms with van der Waals surface area (Å²) in [5, 5.41) is 17.0. The van der Waals surface area contributed by atoms with Gasteiger partial charge in [0.05, 0.1) is 23.8 Å². The van der Waals surface area contributed by atoms with Crippen LogP contribution in [0.1, 0.15) is 12.8 Å². The smallest absolute Gasteiger partial charge is 0.313 e. The van der Waals surface area contributed by atoms with Crippen molar-refractivity contribution in [2.75, 3.05) is 32.1 Å². The first-order valence-corrected chi connectivity index (χ1v) is 6.58. The first-order chi connectivity index (χ1) is 9.61. The van der Waals surface area contributed by atoms with Gasteiger partial charge in [-0.15, -0.1) is 0 Å². The number of hydrogen-bond acceptors (Lipinski definition) is 5. The quantitative estimate of drug-likeness (QED) is 0.618. The number of nitrogens with zero attached hydrogens (tertiary/aromatic N) is 1. The second-order valence-corrected chi connectivity index (χ2v) is 4.84. The van der Waals surface area contributed by atoms with Crippen molar-refractivity contribution in [1.29, 1.82) is 0 Å². The predicted molar refractivity (Wildman–Crippen MR) is 73.7 cm³/mol.